The molecular formula is C29H34N4O5. The standard InChI is InChI=1S/C29H34N4O5/c1-5-26(34)37-18-12-6-10-17-31-27(35)23(32-28(36)38-29(2,3)4)19-21-20-33(25-15-9-11-16-30-25)24-14-8-7-13-22(21)24/h1,7-9,11,13-16,20,23H,6,10,12,17-19H2,2-4H3,(H,31,35)(H,32,36)/t23-/m0/s1. The first-order chi connectivity index (χ1) is 18.2. The van der Waals surface area contributed by atoms with E-state index in [1.807, 2.05) is 59.1 Å². The fourth-order valence-corrected chi connectivity index (χ4v) is 3.92. The number of carbonyl (C=O) groups is 3. The molecule has 0 bridgehead atoms. The van der Waals surface area contributed by atoms with Gasteiger partial charge in [0, 0.05) is 36.7 Å². The van der Waals surface area contributed by atoms with Crippen LogP contribution in [0.15, 0.2) is 54.9 Å². The number of esters is 1. The van der Waals surface area contributed by atoms with Crippen molar-refractivity contribution in [3.05, 3.63) is 60.4 Å². The minimum Gasteiger partial charge on any atom is -0.456 e. The van der Waals surface area contributed by atoms with Gasteiger partial charge in [0.2, 0.25) is 5.91 Å². The minimum absolute atomic E-state index is 0.236. The number of pyridine rings is 1. The molecule has 0 aliphatic rings. The number of aromatic nitrogens is 2. The van der Waals surface area contributed by atoms with Crippen molar-refractivity contribution in [2.75, 3.05) is 13.2 Å². The molecule has 0 aliphatic heterocycles. The Morgan fingerprint density at radius 2 is 1.84 bits per heavy atom. The number of nitrogens with one attached hydrogen (secondary N) is 2. The van der Waals surface area contributed by atoms with E-state index in [9.17, 15) is 14.4 Å². The second-order valence-corrected chi connectivity index (χ2v) is 9.76. The number of hydrogen-bond donors (Lipinski definition) is 2. The maximum atomic E-state index is 13.2. The number of nitrogens with zero attached hydrogens (tertiary/aromatic N) is 2. The molecule has 1 aromatic carbocycles. The van der Waals surface area contributed by atoms with E-state index >= 15 is 0 Å². The molecule has 0 fully saturated rings. The third kappa shape index (κ3) is 8.37. The molecule has 200 valence electrons. The summed E-state index contributed by atoms with van der Waals surface area (Å²) in [4.78, 5) is 41.2. The minimum atomic E-state index is -0.857. The molecule has 3 rings (SSSR count). The Balaban J connectivity index is 1.72. The second kappa shape index (κ2) is 13.3. The predicted octanol–water partition coefficient (Wildman–Crippen LogP) is 3.92. The number of benzene rings is 1. The van der Waals surface area contributed by atoms with Gasteiger partial charge in [0.25, 0.3) is 0 Å². The number of fused-ring (bicyclic) bond motifs is 1. The Labute approximate surface area is 222 Å². The van der Waals surface area contributed by atoms with Crippen molar-refractivity contribution in [3.8, 4) is 18.2 Å². The summed E-state index contributed by atoms with van der Waals surface area (Å²) in [5, 5.41) is 6.60. The highest BCUT2D eigenvalue weighted by atomic mass is 16.6. The first-order valence-corrected chi connectivity index (χ1v) is 12.6. The van der Waals surface area contributed by atoms with Crippen LogP contribution in [0.25, 0.3) is 16.7 Å². The van der Waals surface area contributed by atoms with Crippen LogP contribution in [0.4, 0.5) is 4.79 Å². The highest BCUT2D eigenvalue weighted by molar-refractivity contribution is 5.89. The van der Waals surface area contributed by atoms with E-state index in [1.54, 1.807) is 27.0 Å². The van der Waals surface area contributed by atoms with Crippen molar-refractivity contribution < 1.29 is 23.9 Å². The van der Waals surface area contributed by atoms with Crippen LogP contribution in [-0.4, -0.2) is 52.3 Å². The summed E-state index contributed by atoms with van der Waals surface area (Å²) in [6.45, 7) is 5.94. The molecule has 2 amide bonds. The molecule has 2 heterocycles. The normalized spacial score (nSPS) is 11.8. The first kappa shape index (κ1) is 28.3. The number of hydrogen-bond acceptors (Lipinski definition) is 6. The van der Waals surface area contributed by atoms with Crippen molar-refractivity contribution in [3.63, 3.8) is 0 Å². The summed E-state index contributed by atoms with van der Waals surface area (Å²) in [5.41, 5.74) is 1.13. The number of amides is 2. The van der Waals surface area contributed by atoms with Gasteiger partial charge in [0.15, 0.2) is 0 Å². The number of alkyl carbamates (subject to hydrolysis) is 1. The Bertz CT molecular complexity index is 1290. The van der Waals surface area contributed by atoms with Gasteiger partial charge < -0.3 is 24.7 Å². The van der Waals surface area contributed by atoms with Crippen LogP contribution in [0.3, 0.4) is 0 Å². The van der Waals surface area contributed by atoms with Crippen molar-refractivity contribution >= 4 is 28.9 Å². The summed E-state index contributed by atoms with van der Waals surface area (Å²) >= 11 is 0. The largest absolute Gasteiger partial charge is 0.456 e. The third-order valence-corrected chi connectivity index (χ3v) is 5.59. The van der Waals surface area contributed by atoms with E-state index in [0.717, 1.165) is 28.7 Å². The highest BCUT2D eigenvalue weighted by Gasteiger charge is 2.26. The van der Waals surface area contributed by atoms with E-state index in [-0.39, 0.29) is 18.9 Å². The molecule has 0 radical (unpaired) electrons. The van der Waals surface area contributed by atoms with Gasteiger partial charge in [-0.05, 0) is 63.8 Å². The molecular weight excluding hydrogens is 484 g/mol. The average Bonchev–Trinajstić information content (AvgIpc) is 3.25. The van der Waals surface area contributed by atoms with Gasteiger partial charge >= 0.3 is 12.1 Å². The number of terminal acetylenes is 1. The van der Waals surface area contributed by atoms with Crippen molar-refractivity contribution in [2.24, 2.45) is 0 Å². The topological polar surface area (TPSA) is 112 Å². The van der Waals surface area contributed by atoms with Crippen molar-refractivity contribution in [1.29, 1.82) is 0 Å². The predicted molar refractivity (Wildman–Crippen MR) is 145 cm³/mol. The maximum Gasteiger partial charge on any atom is 0.408 e. The van der Waals surface area contributed by atoms with E-state index in [1.165, 1.54) is 0 Å². The second-order valence-electron chi connectivity index (χ2n) is 9.76. The van der Waals surface area contributed by atoms with Gasteiger partial charge in [-0.2, -0.15) is 0 Å². The zero-order chi connectivity index (χ0) is 27.5. The number of carbonyl (C=O) groups excluding carboxylic acids is 3. The van der Waals surface area contributed by atoms with Gasteiger partial charge in [-0.25, -0.2) is 14.6 Å². The maximum absolute atomic E-state index is 13.2. The highest BCUT2D eigenvalue weighted by Crippen LogP contribution is 2.25. The average molecular weight is 519 g/mol. The summed E-state index contributed by atoms with van der Waals surface area (Å²) in [7, 11) is 0. The van der Waals surface area contributed by atoms with Crippen LogP contribution < -0.4 is 10.6 Å². The quantitative estimate of drug-likeness (QED) is 0.172. The van der Waals surface area contributed by atoms with Crippen molar-refractivity contribution in [2.45, 2.75) is 58.1 Å². The molecule has 0 spiro atoms. The molecule has 9 heteroatoms. The van der Waals surface area contributed by atoms with E-state index in [0.29, 0.717) is 19.4 Å². The molecule has 38 heavy (non-hydrogen) atoms. The van der Waals surface area contributed by atoms with Crippen LogP contribution in [0.2, 0.25) is 0 Å². The zero-order valence-electron chi connectivity index (χ0n) is 22.0. The number of unbranched alkanes of at least 4 members (excludes halogenated alkanes) is 2. The van der Waals surface area contributed by atoms with Gasteiger partial charge in [-0.1, -0.05) is 24.3 Å². The summed E-state index contributed by atoms with van der Waals surface area (Å²) in [5.74, 6) is 1.65. The molecule has 0 saturated heterocycles. The fraction of sp³-hybridized carbons (Fsp3) is 0.379. The molecule has 2 aromatic heterocycles. The molecule has 3 aromatic rings. The van der Waals surface area contributed by atoms with Crippen LogP contribution >= 0.6 is 0 Å². The van der Waals surface area contributed by atoms with Crippen LogP contribution in [0.5, 0.6) is 0 Å². The van der Waals surface area contributed by atoms with Crippen LogP contribution in [0, 0.1) is 12.3 Å². The Kier molecular flexibility index (Phi) is 9.88. The molecule has 0 aliphatic carbocycles. The van der Waals surface area contributed by atoms with Gasteiger partial charge in [-0.15, -0.1) is 6.42 Å². The lowest BCUT2D eigenvalue weighted by Gasteiger charge is -2.23. The van der Waals surface area contributed by atoms with Crippen LogP contribution in [0.1, 0.15) is 45.6 Å². The van der Waals surface area contributed by atoms with E-state index in [2.05, 4.69) is 15.6 Å². The molecule has 2 N–H and O–H groups in total. The lowest BCUT2D eigenvalue weighted by atomic mass is 10.0. The lowest BCUT2D eigenvalue weighted by Crippen LogP contribution is -2.49. The zero-order valence-corrected chi connectivity index (χ0v) is 22.0. The molecule has 0 unspecified atom stereocenters. The van der Waals surface area contributed by atoms with E-state index in [4.69, 9.17) is 15.9 Å². The SMILES string of the molecule is C#CC(=O)OCCCCCNC(=O)[C@H](Cc1cn(-c2ccccn2)c2ccccc12)NC(=O)OC(C)(C)C. The Hall–Kier alpha value is -4.32. The van der Waals surface area contributed by atoms with E-state index < -0.39 is 23.7 Å². The molecule has 0 saturated carbocycles. The monoisotopic (exact) mass is 518 g/mol. The van der Waals surface area contributed by atoms with Crippen molar-refractivity contribution in [1.82, 2.24) is 20.2 Å². The summed E-state index contributed by atoms with van der Waals surface area (Å²) in [6, 6.07) is 12.7. The van der Waals surface area contributed by atoms with Gasteiger partial charge in [0.1, 0.15) is 17.5 Å². The summed E-state index contributed by atoms with van der Waals surface area (Å²) in [6.07, 6.45) is 10.3. The fourth-order valence-electron chi connectivity index (χ4n) is 3.92. The Morgan fingerprint density at radius 3 is 2.55 bits per heavy atom. The molecule has 1 atom stereocenters. The van der Waals surface area contributed by atoms with Gasteiger partial charge in [0.05, 0.1) is 12.1 Å². The van der Waals surface area contributed by atoms with Gasteiger partial charge in [-0.3, -0.25) is 4.79 Å². The first-order valence-electron chi connectivity index (χ1n) is 12.6. The number of rotatable bonds is 11. The third-order valence-electron chi connectivity index (χ3n) is 5.59. The smallest absolute Gasteiger partial charge is 0.408 e. The Morgan fingerprint density at radius 1 is 1.08 bits per heavy atom. The molecule has 9 nitrogen and oxygen atoms in total. The number of ether oxygens (including phenoxy) is 2. The van der Waals surface area contributed by atoms with Crippen LogP contribution in [-0.2, 0) is 25.5 Å². The number of para-hydroxylation sites is 1. The summed E-state index contributed by atoms with van der Waals surface area (Å²) < 4.78 is 12.2. The lowest BCUT2D eigenvalue weighted by molar-refractivity contribution is -0.136.